The van der Waals surface area contributed by atoms with Gasteiger partial charge in [-0.3, -0.25) is 0 Å². The number of hydrogen-bond donors (Lipinski definition) is 1. The number of piperidine rings is 1. The Balaban J connectivity index is 2.33. The molecule has 1 aromatic rings. The number of nitrogens with two attached hydrogens (primary N) is 1. The van der Waals surface area contributed by atoms with E-state index in [0.717, 1.165) is 0 Å². The van der Waals surface area contributed by atoms with E-state index in [4.69, 9.17) is 10.5 Å². The van der Waals surface area contributed by atoms with E-state index in [9.17, 15) is 13.2 Å². The minimum absolute atomic E-state index is 0.0280. The summed E-state index contributed by atoms with van der Waals surface area (Å²) in [5, 5.41) is 0. The zero-order valence-corrected chi connectivity index (χ0v) is 11.4. The van der Waals surface area contributed by atoms with Crippen LogP contribution in [0.25, 0.3) is 0 Å². The molecule has 0 amide bonds. The lowest BCUT2D eigenvalue weighted by atomic mass is 9.92. The maximum atomic E-state index is 13.5. The van der Waals surface area contributed by atoms with E-state index < -0.39 is 11.8 Å². The minimum Gasteiger partial charge on any atom is -0.476 e. The van der Waals surface area contributed by atoms with E-state index in [1.165, 1.54) is 0 Å². The summed E-state index contributed by atoms with van der Waals surface area (Å²) in [7, 11) is 1.68. The minimum atomic E-state index is -4.41. The van der Waals surface area contributed by atoms with Gasteiger partial charge in [0, 0.05) is 18.7 Å². The van der Waals surface area contributed by atoms with Crippen molar-refractivity contribution in [1.29, 1.82) is 0 Å². The number of hydrogen-bond acceptors (Lipinski definition) is 3. The third kappa shape index (κ3) is 2.91. The van der Waals surface area contributed by atoms with Crippen LogP contribution in [0.3, 0.4) is 0 Å². The molecule has 1 aliphatic heterocycles. The SMILES string of the molecule is CN1CCCC(Oc2ccccc2CN)(C(F)(F)F)C1. The molecule has 1 atom stereocenters. The first kappa shape index (κ1) is 15.1. The Kier molecular flexibility index (Phi) is 4.25. The summed E-state index contributed by atoms with van der Waals surface area (Å²) in [4.78, 5) is 1.65. The number of likely N-dealkylation sites (N-methyl/N-ethyl adjacent to an activating group) is 1. The summed E-state index contributed by atoms with van der Waals surface area (Å²) >= 11 is 0. The van der Waals surface area contributed by atoms with E-state index >= 15 is 0 Å². The van der Waals surface area contributed by atoms with Crippen LogP contribution in [0.2, 0.25) is 0 Å². The zero-order valence-electron chi connectivity index (χ0n) is 11.4. The largest absolute Gasteiger partial charge is 0.476 e. The highest BCUT2D eigenvalue weighted by Crippen LogP contribution is 2.41. The van der Waals surface area contributed by atoms with Gasteiger partial charge in [-0.1, -0.05) is 18.2 Å². The Bertz CT molecular complexity index is 464. The first-order valence-electron chi connectivity index (χ1n) is 6.60. The highest BCUT2D eigenvalue weighted by molar-refractivity contribution is 5.34. The molecule has 0 aromatic heterocycles. The monoisotopic (exact) mass is 288 g/mol. The second-order valence-electron chi connectivity index (χ2n) is 5.25. The summed E-state index contributed by atoms with van der Waals surface area (Å²) in [5.41, 5.74) is 4.00. The van der Waals surface area contributed by atoms with E-state index in [1.54, 1.807) is 36.2 Å². The van der Waals surface area contributed by atoms with Crippen LogP contribution in [0.5, 0.6) is 5.75 Å². The van der Waals surface area contributed by atoms with Gasteiger partial charge in [-0.05, 0) is 32.5 Å². The van der Waals surface area contributed by atoms with Gasteiger partial charge in [0.2, 0.25) is 5.60 Å². The molecule has 1 aliphatic rings. The summed E-state index contributed by atoms with van der Waals surface area (Å²) < 4.78 is 46.0. The predicted octanol–water partition coefficient (Wildman–Crippen LogP) is 2.55. The molecule has 6 heteroatoms. The highest BCUT2D eigenvalue weighted by atomic mass is 19.4. The summed E-state index contributed by atoms with van der Waals surface area (Å²) in [5.74, 6) is 0.225. The number of alkyl halides is 3. The van der Waals surface area contributed by atoms with Gasteiger partial charge in [-0.25, -0.2) is 0 Å². The van der Waals surface area contributed by atoms with Gasteiger partial charge >= 0.3 is 6.18 Å². The molecule has 20 heavy (non-hydrogen) atoms. The smallest absolute Gasteiger partial charge is 0.429 e. The van der Waals surface area contributed by atoms with Crippen LogP contribution in [0.15, 0.2) is 24.3 Å². The zero-order chi connectivity index (χ0) is 14.8. The molecule has 0 saturated carbocycles. The van der Waals surface area contributed by atoms with Crippen molar-refractivity contribution in [2.45, 2.75) is 31.2 Å². The Hall–Kier alpha value is -1.27. The summed E-state index contributed by atoms with van der Waals surface area (Å²) in [6.07, 6.45) is -3.98. The number of para-hydroxylation sites is 1. The fourth-order valence-corrected chi connectivity index (χ4v) is 2.58. The molecule has 112 valence electrons. The third-order valence-electron chi connectivity index (χ3n) is 3.66. The number of halogens is 3. The average Bonchev–Trinajstić information content (AvgIpc) is 2.38. The Morgan fingerprint density at radius 3 is 2.65 bits per heavy atom. The van der Waals surface area contributed by atoms with Gasteiger partial charge in [0.1, 0.15) is 5.75 Å². The molecule has 2 rings (SSSR count). The van der Waals surface area contributed by atoms with Crippen LogP contribution in [0.4, 0.5) is 13.2 Å². The molecule has 3 nitrogen and oxygen atoms in total. The van der Waals surface area contributed by atoms with Crippen LogP contribution in [-0.4, -0.2) is 36.8 Å². The first-order valence-corrected chi connectivity index (χ1v) is 6.60. The number of likely N-dealkylation sites (tertiary alicyclic amines) is 1. The van der Waals surface area contributed by atoms with Crippen LogP contribution >= 0.6 is 0 Å². The van der Waals surface area contributed by atoms with E-state index in [-0.39, 0.29) is 25.3 Å². The molecule has 0 spiro atoms. The number of nitrogens with zero attached hydrogens (tertiary/aromatic N) is 1. The lowest BCUT2D eigenvalue weighted by Crippen LogP contribution is -2.59. The van der Waals surface area contributed by atoms with E-state index in [1.807, 2.05) is 0 Å². The second kappa shape index (κ2) is 5.61. The molecule has 1 saturated heterocycles. The van der Waals surface area contributed by atoms with Gasteiger partial charge in [0.15, 0.2) is 0 Å². The number of benzene rings is 1. The van der Waals surface area contributed by atoms with Crippen molar-refractivity contribution in [3.63, 3.8) is 0 Å². The summed E-state index contributed by atoms with van der Waals surface area (Å²) in [6, 6.07) is 6.63. The van der Waals surface area contributed by atoms with Crippen molar-refractivity contribution >= 4 is 0 Å². The molecule has 0 bridgehead atoms. The lowest BCUT2D eigenvalue weighted by Gasteiger charge is -2.42. The van der Waals surface area contributed by atoms with Crippen LogP contribution < -0.4 is 10.5 Å². The van der Waals surface area contributed by atoms with Crippen molar-refractivity contribution in [3.05, 3.63) is 29.8 Å². The lowest BCUT2D eigenvalue weighted by molar-refractivity contribution is -0.261. The molecule has 1 aromatic carbocycles. The van der Waals surface area contributed by atoms with E-state index in [0.29, 0.717) is 18.5 Å². The topological polar surface area (TPSA) is 38.5 Å². The second-order valence-corrected chi connectivity index (χ2v) is 5.25. The van der Waals surface area contributed by atoms with E-state index in [2.05, 4.69) is 0 Å². The normalized spacial score (nSPS) is 24.6. The van der Waals surface area contributed by atoms with Crippen molar-refractivity contribution < 1.29 is 17.9 Å². The molecule has 1 fully saturated rings. The fourth-order valence-electron chi connectivity index (χ4n) is 2.58. The number of ether oxygens (including phenoxy) is 1. The molecular weight excluding hydrogens is 269 g/mol. The maximum absolute atomic E-state index is 13.5. The standard InChI is InChI=1S/C14H19F3N2O/c1-19-8-4-7-13(10-19,14(15,16)17)20-12-6-3-2-5-11(12)9-18/h2-3,5-6H,4,7-10,18H2,1H3. The predicted molar refractivity (Wildman–Crippen MR) is 70.5 cm³/mol. The van der Waals surface area contributed by atoms with Crippen molar-refractivity contribution in [3.8, 4) is 5.75 Å². The molecule has 1 heterocycles. The van der Waals surface area contributed by atoms with Crippen molar-refractivity contribution in [1.82, 2.24) is 4.90 Å². The van der Waals surface area contributed by atoms with Gasteiger partial charge in [-0.15, -0.1) is 0 Å². The van der Waals surface area contributed by atoms with Gasteiger partial charge in [-0.2, -0.15) is 13.2 Å². The quantitative estimate of drug-likeness (QED) is 0.929. The van der Waals surface area contributed by atoms with Crippen molar-refractivity contribution in [2.75, 3.05) is 20.1 Å². The maximum Gasteiger partial charge on any atom is 0.429 e. The van der Waals surface area contributed by atoms with Crippen molar-refractivity contribution in [2.24, 2.45) is 5.73 Å². The molecule has 0 radical (unpaired) electrons. The van der Waals surface area contributed by atoms with Crippen LogP contribution in [-0.2, 0) is 6.54 Å². The Morgan fingerprint density at radius 1 is 1.35 bits per heavy atom. The first-order chi connectivity index (χ1) is 9.38. The molecule has 0 aliphatic carbocycles. The van der Waals surface area contributed by atoms with Crippen LogP contribution in [0, 0.1) is 0 Å². The molecule has 1 unspecified atom stereocenters. The average molecular weight is 288 g/mol. The number of rotatable bonds is 3. The Labute approximate surface area is 116 Å². The van der Waals surface area contributed by atoms with Crippen LogP contribution in [0.1, 0.15) is 18.4 Å². The van der Waals surface area contributed by atoms with Gasteiger partial charge < -0.3 is 15.4 Å². The fraction of sp³-hybridized carbons (Fsp3) is 0.571. The third-order valence-corrected chi connectivity index (χ3v) is 3.66. The van der Waals surface area contributed by atoms with Gasteiger partial charge in [0.05, 0.1) is 0 Å². The molecule has 2 N–H and O–H groups in total. The van der Waals surface area contributed by atoms with Gasteiger partial charge in [0.25, 0.3) is 0 Å². The molecular formula is C14H19F3N2O. The highest BCUT2D eigenvalue weighted by Gasteiger charge is 2.58. The summed E-state index contributed by atoms with van der Waals surface area (Å²) in [6.45, 7) is 0.648. The Morgan fingerprint density at radius 2 is 2.05 bits per heavy atom.